The van der Waals surface area contributed by atoms with Crippen LogP contribution in [0.15, 0.2) is 81.7 Å². The van der Waals surface area contributed by atoms with Gasteiger partial charge in [0.15, 0.2) is 12.2 Å². The number of rotatable bonds is 22. The second-order valence-corrected chi connectivity index (χ2v) is 16.0. The molecule has 0 amide bonds. The SMILES string of the molecule is CCOC(Cc1ccc(OCCCc2ccc(-c3ccc(CCCOc4ccc(CC(OCC)C(=O)OC(C)C)cc4Br)c(C(F)(F)F)c3)cc2C(F)(F)F)c(Br)c1)C(=O)O. The minimum atomic E-state index is -4.77. The number of benzene rings is 4. The second kappa shape index (κ2) is 22.8. The molecule has 0 aliphatic rings. The Hall–Kier alpha value is -4.12. The highest BCUT2D eigenvalue weighted by atomic mass is 79.9. The number of ether oxygens (including phenoxy) is 5. The first-order valence-electron chi connectivity index (χ1n) is 19.7. The molecule has 4 aromatic carbocycles. The molecular formula is C45H48Br2F6O8. The second-order valence-electron chi connectivity index (χ2n) is 14.3. The summed E-state index contributed by atoms with van der Waals surface area (Å²) >= 11 is 6.85. The summed E-state index contributed by atoms with van der Waals surface area (Å²) < 4.78 is 115. The molecule has 0 spiro atoms. The van der Waals surface area contributed by atoms with Gasteiger partial charge in [-0.3, -0.25) is 0 Å². The zero-order valence-corrected chi connectivity index (χ0v) is 37.2. The summed E-state index contributed by atoms with van der Waals surface area (Å²) in [5, 5.41) is 9.35. The summed E-state index contributed by atoms with van der Waals surface area (Å²) in [6.45, 7) is 7.66. The van der Waals surface area contributed by atoms with Gasteiger partial charge in [-0.1, -0.05) is 36.4 Å². The number of carbonyl (C=O) groups is 2. The molecule has 2 unspecified atom stereocenters. The lowest BCUT2D eigenvalue weighted by atomic mass is 9.93. The molecule has 4 rings (SSSR count). The van der Waals surface area contributed by atoms with Gasteiger partial charge in [0.1, 0.15) is 11.5 Å². The largest absolute Gasteiger partial charge is 0.492 e. The van der Waals surface area contributed by atoms with Gasteiger partial charge in [0.2, 0.25) is 0 Å². The van der Waals surface area contributed by atoms with Crippen LogP contribution in [-0.2, 0) is 61.8 Å². The molecule has 4 aromatic rings. The summed E-state index contributed by atoms with van der Waals surface area (Å²) in [4.78, 5) is 23.9. The standard InChI is InChI=1S/C45H48Br2F6O8/c1-5-57-40(42(54)55)23-28-11-17-38(36(46)21-28)59-19-7-9-30-13-15-32(25-34(30)44(48,49)50)33-16-14-31(35(26-33)45(51,52)53)10-8-20-60-39-18-12-29(22-37(39)47)24-41(58-6-2)43(56)61-27(3)4/h11-18,21-22,25-27,40-41H,5-10,19-20,23-24H2,1-4H3,(H,54,55). The number of hydrogen-bond acceptors (Lipinski definition) is 7. The van der Waals surface area contributed by atoms with Crippen molar-refractivity contribution in [2.24, 2.45) is 0 Å². The van der Waals surface area contributed by atoms with Crippen LogP contribution in [0.4, 0.5) is 26.3 Å². The van der Waals surface area contributed by atoms with Gasteiger partial charge in [-0.2, -0.15) is 26.3 Å². The molecule has 0 saturated carbocycles. The molecule has 1 N–H and O–H groups in total. The highest BCUT2D eigenvalue weighted by Gasteiger charge is 2.35. The van der Waals surface area contributed by atoms with Crippen LogP contribution >= 0.6 is 31.9 Å². The van der Waals surface area contributed by atoms with Crippen LogP contribution in [0.3, 0.4) is 0 Å². The molecule has 16 heteroatoms. The maximum atomic E-state index is 14.3. The Morgan fingerprint density at radius 1 is 0.639 bits per heavy atom. The smallest absolute Gasteiger partial charge is 0.416 e. The summed E-state index contributed by atoms with van der Waals surface area (Å²) in [6, 6.07) is 17.3. The van der Waals surface area contributed by atoms with Crippen LogP contribution in [0.1, 0.15) is 73.9 Å². The van der Waals surface area contributed by atoms with Crippen LogP contribution in [-0.4, -0.2) is 61.8 Å². The lowest BCUT2D eigenvalue weighted by Crippen LogP contribution is -2.30. The number of esters is 1. The fraction of sp³-hybridized carbons (Fsp3) is 0.422. The van der Waals surface area contributed by atoms with E-state index < -0.39 is 47.6 Å². The third kappa shape index (κ3) is 15.0. The lowest BCUT2D eigenvalue weighted by Gasteiger charge is -2.18. The van der Waals surface area contributed by atoms with E-state index >= 15 is 0 Å². The fourth-order valence-corrected chi connectivity index (χ4v) is 7.59. The average Bonchev–Trinajstić information content (AvgIpc) is 3.18. The van der Waals surface area contributed by atoms with Crippen molar-refractivity contribution >= 4 is 43.8 Å². The van der Waals surface area contributed by atoms with Crippen LogP contribution in [0.5, 0.6) is 11.5 Å². The first-order valence-corrected chi connectivity index (χ1v) is 21.3. The van der Waals surface area contributed by atoms with E-state index in [1.165, 1.54) is 24.3 Å². The highest BCUT2D eigenvalue weighted by Crippen LogP contribution is 2.39. The first kappa shape index (κ1) is 49.5. The van der Waals surface area contributed by atoms with Gasteiger partial charge in [0.05, 0.1) is 39.4 Å². The molecule has 2 atom stereocenters. The zero-order valence-electron chi connectivity index (χ0n) is 34.1. The van der Waals surface area contributed by atoms with E-state index in [0.717, 1.165) is 17.7 Å². The van der Waals surface area contributed by atoms with Crippen molar-refractivity contribution in [3.63, 3.8) is 0 Å². The number of aryl methyl sites for hydroxylation is 2. The normalized spacial score (nSPS) is 12.9. The third-order valence-corrected chi connectivity index (χ3v) is 10.6. The van der Waals surface area contributed by atoms with Crippen LogP contribution < -0.4 is 9.47 Å². The van der Waals surface area contributed by atoms with Gasteiger partial charge in [0.25, 0.3) is 0 Å². The quantitative estimate of drug-likeness (QED) is 0.0472. The fourth-order valence-electron chi connectivity index (χ4n) is 6.51. The molecule has 0 radical (unpaired) electrons. The molecule has 0 saturated heterocycles. The minimum absolute atomic E-state index is 0.00649. The van der Waals surface area contributed by atoms with Crippen LogP contribution in [0.25, 0.3) is 11.1 Å². The first-order chi connectivity index (χ1) is 28.8. The molecule has 0 bridgehead atoms. The molecule has 0 heterocycles. The van der Waals surface area contributed by atoms with Crippen molar-refractivity contribution in [1.82, 2.24) is 0 Å². The number of halogens is 8. The van der Waals surface area contributed by atoms with E-state index in [0.29, 0.717) is 32.6 Å². The van der Waals surface area contributed by atoms with Crippen molar-refractivity contribution in [1.29, 1.82) is 0 Å². The van der Waals surface area contributed by atoms with Gasteiger partial charge in [-0.05, 0) is 155 Å². The monoisotopic (exact) mass is 988 g/mol. The van der Waals surface area contributed by atoms with Gasteiger partial charge in [-0.25, -0.2) is 9.59 Å². The van der Waals surface area contributed by atoms with Crippen molar-refractivity contribution in [2.45, 2.75) is 96.9 Å². The van der Waals surface area contributed by atoms with Crippen molar-refractivity contribution in [3.8, 4) is 22.6 Å². The van der Waals surface area contributed by atoms with Gasteiger partial charge >= 0.3 is 24.3 Å². The average molecular weight is 991 g/mol. The molecule has 0 aromatic heterocycles. The predicted octanol–water partition coefficient (Wildman–Crippen LogP) is 11.9. The number of carboxylic acids is 1. The Balaban J connectivity index is 1.39. The summed E-state index contributed by atoms with van der Waals surface area (Å²) in [6.07, 6.45) is -10.9. The topological polar surface area (TPSA) is 101 Å². The molecule has 0 aliphatic carbocycles. The van der Waals surface area contributed by atoms with Crippen LogP contribution in [0, 0.1) is 0 Å². The third-order valence-electron chi connectivity index (χ3n) is 9.32. The molecule has 8 nitrogen and oxygen atoms in total. The van der Waals surface area contributed by atoms with E-state index in [1.807, 2.05) is 0 Å². The Morgan fingerprint density at radius 2 is 1.07 bits per heavy atom. The maximum Gasteiger partial charge on any atom is 0.416 e. The van der Waals surface area contributed by atoms with E-state index in [9.17, 15) is 41.0 Å². The van der Waals surface area contributed by atoms with E-state index in [-0.39, 0.29) is 86.7 Å². The maximum absolute atomic E-state index is 14.3. The molecular weight excluding hydrogens is 942 g/mol. The van der Waals surface area contributed by atoms with Crippen molar-refractivity contribution < 1.29 is 64.7 Å². The number of carbonyl (C=O) groups excluding carboxylic acids is 1. The Morgan fingerprint density at radius 3 is 1.44 bits per heavy atom. The summed E-state index contributed by atoms with van der Waals surface area (Å²) in [5.41, 5.74) is -0.503. The highest BCUT2D eigenvalue weighted by molar-refractivity contribution is 9.11. The number of alkyl halides is 6. The van der Waals surface area contributed by atoms with Gasteiger partial charge in [0, 0.05) is 26.1 Å². The Kier molecular flexibility index (Phi) is 18.5. The molecule has 0 aliphatic heterocycles. The van der Waals surface area contributed by atoms with Crippen molar-refractivity contribution in [2.75, 3.05) is 26.4 Å². The van der Waals surface area contributed by atoms with Gasteiger partial charge in [-0.15, -0.1) is 0 Å². The van der Waals surface area contributed by atoms with E-state index in [2.05, 4.69) is 31.9 Å². The van der Waals surface area contributed by atoms with E-state index in [4.69, 9.17) is 23.7 Å². The summed E-state index contributed by atoms with van der Waals surface area (Å²) in [7, 11) is 0. The number of aliphatic carboxylic acids is 1. The Labute approximate surface area is 368 Å². The molecule has 332 valence electrons. The van der Waals surface area contributed by atoms with Crippen molar-refractivity contribution in [3.05, 3.63) is 115 Å². The summed E-state index contributed by atoms with van der Waals surface area (Å²) in [5.74, 6) is -0.684. The Bertz CT molecular complexity index is 2090. The number of hydrogen-bond donors (Lipinski definition) is 1. The lowest BCUT2D eigenvalue weighted by molar-refractivity contribution is -0.160. The molecule has 0 fully saturated rings. The number of carboxylic acid groups (broad SMARTS) is 1. The van der Waals surface area contributed by atoms with Crippen LogP contribution in [0.2, 0.25) is 0 Å². The predicted molar refractivity (Wildman–Crippen MR) is 225 cm³/mol. The van der Waals surface area contributed by atoms with Gasteiger partial charge < -0.3 is 28.8 Å². The van der Waals surface area contributed by atoms with E-state index in [1.54, 1.807) is 64.1 Å². The minimum Gasteiger partial charge on any atom is -0.492 e. The molecule has 61 heavy (non-hydrogen) atoms. The zero-order chi connectivity index (χ0) is 44.9.